The number of nitrogens with zero attached hydrogens (tertiary/aromatic N) is 2. The summed E-state index contributed by atoms with van der Waals surface area (Å²) >= 11 is 0. The van der Waals surface area contributed by atoms with E-state index in [-0.39, 0.29) is 12.1 Å². The monoisotopic (exact) mass is 390 g/mol. The Morgan fingerprint density at radius 2 is 1.86 bits per heavy atom. The maximum atomic E-state index is 12.6. The van der Waals surface area contributed by atoms with E-state index < -0.39 is 23.9 Å². The second-order valence-corrected chi connectivity index (χ2v) is 9.37. The molecular weight excluding hydrogens is 359 g/mol. The van der Waals surface area contributed by atoms with Crippen LogP contribution in [0.2, 0.25) is 0 Å². The molecule has 0 radical (unpaired) electrons. The third-order valence-electron chi connectivity index (χ3n) is 5.45. The van der Waals surface area contributed by atoms with Crippen LogP contribution in [0.25, 0.3) is 0 Å². The van der Waals surface area contributed by atoms with Crippen LogP contribution in [-0.2, 0) is 18.8 Å². The molecule has 2 saturated heterocycles. The van der Waals surface area contributed by atoms with E-state index >= 15 is 0 Å². The molecule has 2 fully saturated rings. The van der Waals surface area contributed by atoms with Crippen LogP contribution in [0.1, 0.15) is 60.1 Å². The van der Waals surface area contributed by atoms with Crippen molar-refractivity contribution >= 4 is 18.8 Å². The summed E-state index contributed by atoms with van der Waals surface area (Å²) < 4.78 is 23.3. The zero-order valence-corrected chi connectivity index (χ0v) is 17.9. The number of carbonyl (C=O) groups excluding carboxylic acids is 1. The van der Waals surface area contributed by atoms with Gasteiger partial charge < -0.3 is 18.8 Å². The fourth-order valence-electron chi connectivity index (χ4n) is 3.14. The van der Waals surface area contributed by atoms with E-state index in [1.807, 2.05) is 60.6 Å². The summed E-state index contributed by atoms with van der Waals surface area (Å²) in [5.74, 6) is 0. The number of hydrogen-bond donors (Lipinski definition) is 0. The summed E-state index contributed by atoms with van der Waals surface area (Å²) in [6.07, 6.45) is 1.42. The first kappa shape index (κ1) is 21.1. The predicted octanol–water partition coefficient (Wildman–Crippen LogP) is 2.69. The molecule has 3 heterocycles. The maximum absolute atomic E-state index is 12.6. The van der Waals surface area contributed by atoms with Gasteiger partial charge >= 0.3 is 13.2 Å². The number of aromatic nitrogens is 1. The van der Waals surface area contributed by atoms with Crippen molar-refractivity contribution in [3.63, 3.8) is 0 Å². The highest BCUT2D eigenvalue weighted by atomic mass is 16.7. The van der Waals surface area contributed by atoms with Crippen LogP contribution >= 0.6 is 0 Å². The van der Waals surface area contributed by atoms with Crippen LogP contribution in [0.3, 0.4) is 0 Å². The second kappa shape index (κ2) is 7.32. The molecule has 0 N–H and O–H groups in total. The number of pyridine rings is 1. The topological polar surface area (TPSA) is 70.1 Å². The fraction of sp³-hybridized carbons (Fsp3) is 0.700. The Morgan fingerprint density at radius 3 is 2.39 bits per heavy atom. The van der Waals surface area contributed by atoms with Crippen LogP contribution in [0, 0.1) is 0 Å². The normalized spacial score (nSPS) is 24.3. The molecule has 28 heavy (non-hydrogen) atoms. The minimum atomic E-state index is -0.543. The van der Waals surface area contributed by atoms with E-state index in [1.54, 1.807) is 11.1 Å². The van der Waals surface area contributed by atoms with E-state index in [9.17, 15) is 4.79 Å². The van der Waals surface area contributed by atoms with Gasteiger partial charge in [0.05, 0.1) is 36.1 Å². The molecule has 0 spiro atoms. The molecule has 0 bridgehead atoms. The van der Waals surface area contributed by atoms with Crippen molar-refractivity contribution in [3.05, 3.63) is 23.9 Å². The third kappa shape index (κ3) is 4.34. The molecule has 8 heteroatoms. The summed E-state index contributed by atoms with van der Waals surface area (Å²) in [4.78, 5) is 18.9. The molecule has 1 aromatic heterocycles. The number of carbonyl (C=O) groups is 1. The lowest BCUT2D eigenvalue weighted by molar-refractivity contribution is -0.0331. The first-order valence-electron chi connectivity index (χ1n) is 9.78. The lowest BCUT2D eigenvalue weighted by Crippen LogP contribution is -2.46. The number of rotatable bonds is 2. The molecule has 2 aliphatic heterocycles. The van der Waals surface area contributed by atoms with Gasteiger partial charge in [0.15, 0.2) is 0 Å². The molecule has 1 amide bonds. The average molecular weight is 390 g/mol. The molecule has 0 aliphatic carbocycles. The van der Waals surface area contributed by atoms with Gasteiger partial charge in [-0.15, -0.1) is 0 Å². The summed E-state index contributed by atoms with van der Waals surface area (Å²) in [7, 11) is -0.511. The highest BCUT2D eigenvalue weighted by molar-refractivity contribution is 6.61. The quantitative estimate of drug-likeness (QED) is 0.724. The van der Waals surface area contributed by atoms with Crippen molar-refractivity contribution in [2.75, 3.05) is 19.8 Å². The Balaban J connectivity index is 1.75. The van der Waals surface area contributed by atoms with Gasteiger partial charge in [-0.1, -0.05) is 6.07 Å². The van der Waals surface area contributed by atoms with Crippen molar-refractivity contribution in [1.82, 2.24) is 9.88 Å². The Kier molecular flexibility index (Phi) is 5.51. The van der Waals surface area contributed by atoms with E-state index in [1.165, 1.54) is 0 Å². The number of hydrogen-bond acceptors (Lipinski definition) is 6. The summed E-state index contributed by atoms with van der Waals surface area (Å²) in [5.41, 5.74) is 0.235. The minimum absolute atomic E-state index is 0.233. The number of ether oxygens (including phenoxy) is 2. The van der Waals surface area contributed by atoms with Gasteiger partial charge in [-0.2, -0.15) is 0 Å². The van der Waals surface area contributed by atoms with Crippen molar-refractivity contribution in [1.29, 1.82) is 0 Å². The summed E-state index contributed by atoms with van der Waals surface area (Å²) in [6, 6.07) is 3.60. The summed E-state index contributed by atoms with van der Waals surface area (Å²) in [6.45, 7) is 15.0. The molecule has 0 saturated carbocycles. The lowest BCUT2D eigenvalue weighted by atomic mass is 9.84. The molecule has 1 unspecified atom stereocenters. The van der Waals surface area contributed by atoms with E-state index in [2.05, 4.69) is 4.98 Å². The van der Waals surface area contributed by atoms with E-state index in [0.717, 1.165) is 5.56 Å². The van der Waals surface area contributed by atoms with Crippen LogP contribution in [0.5, 0.6) is 0 Å². The number of morpholine rings is 1. The largest absolute Gasteiger partial charge is 0.514 e. The van der Waals surface area contributed by atoms with Gasteiger partial charge in [-0.3, -0.25) is 9.88 Å². The van der Waals surface area contributed by atoms with Gasteiger partial charge in [0.2, 0.25) is 0 Å². The molecule has 2 aliphatic rings. The highest BCUT2D eigenvalue weighted by Gasteiger charge is 2.52. The van der Waals surface area contributed by atoms with E-state index in [0.29, 0.717) is 25.4 Å². The Morgan fingerprint density at radius 1 is 1.21 bits per heavy atom. The van der Waals surface area contributed by atoms with E-state index in [4.69, 9.17) is 18.8 Å². The van der Waals surface area contributed by atoms with Gasteiger partial charge in [0.25, 0.3) is 0 Å². The third-order valence-corrected chi connectivity index (χ3v) is 5.45. The zero-order valence-electron chi connectivity index (χ0n) is 17.9. The van der Waals surface area contributed by atoms with Crippen LogP contribution in [0.4, 0.5) is 4.79 Å². The first-order valence-corrected chi connectivity index (χ1v) is 9.78. The van der Waals surface area contributed by atoms with Crippen LogP contribution < -0.4 is 5.59 Å². The van der Waals surface area contributed by atoms with Gasteiger partial charge in [-0.05, 0) is 60.1 Å². The van der Waals surface area contributed by atoms with Crippen molar-refractivity contribution in [2.24, 2.45) is 0 Å². The fourth-order valence-corrected chi connectivity index (χ4v) is 3.14. The highest BCUT2D eigenvalue weighted by Crippen LogP contribution is 2.36. The van der Waals surface area contributed by atoms with Gasteiger partial charge in [-0.25, -0.2) is 4.79 Å². The standard InChI is InChI=1S/C20H31BN2O5/c1-18(2,3)26-17(24)23-10-11-25-13-15(23)14-8-9-16(22-12-14)21-27-19(4,5)20(6,7)28-21/h8-9,12,15H,10-11,13H2,1-7H3. The minimum Gasteiger partial charge on any atom is -0.444 e. The Bertz CT molecular complexity index is 698. The average Bonchev–Trinajstić information content (AvgIpc) is 2.81. The van der Waals surface area contributed by atoms with Crippen LogP contribution in [0.15, 0.2) is 18.3 Å². The molecule has 3 rings (SSSR count). The number of amides is 1. The van der Waals surface area contributed by atoms with Gasteiger partial charge in [0.1, 0.15) is 5.60 Å². The smallest absolute Gasteiger partial charge is 0.444 e. The van der Waals surface area contributed by atoms with Crippen LogP contribution in [-0.4, -0.2) is 59.7 Å². The molecule has 1 atom stereocenters. The maximum Gasteiger partial charge on any atom is 0.514 e. The Hall–Kier alpha value is -1.64. The molecule has 0 aromatic carbocycles. The molecular formula is C20H31BN2O5. The lowest BCUT2D eigenvalue weighted by Gasteiger charge is -2.36. The first-order chi connectivity index (χ1) is 12.9. The second-order valence-electron chi connectivity index (χ2n) is 9.37. The van der Waals surface area contributed by atoms with Crippen molar-refractivity contribution < 1.29 is 23.6 Å². The molecule has 1 aromatic rings. The van der Waals surface area contributed by atoms with Gasteiger partial charge in [0, 0.05) is 12.7 Å². The Labute approximate surface area is 167 Å². The molecule has 7 nitrogen and oxygen atoms in total. The summed E-state index contributed by atoms with van der Waals surface area (Å²) in [5, 5.41) is 0. The molecule has 154 valence electrons. The SMILES string of the molecule is CC(C)(C)OC(=O)N1CCOCC1c1ccc(B2OC(C)(C)C(C)(C)O2)nc1. The van der Waals surface area contributed by atoms with Crippen molar-refractivity contribution in [3.8, 4) is 0 Å². The predicted molar refractivity (Wildman–Crippen MR) is 106 cm³/mol. The zero-order chi connectivity index (χ0) is 20.7. The van der Waals surface area contributed by atoms with Crippen molar-refractivity contribution in [2.45, 2.75) is 71.3 Å².